The van der Waals surface area contributed by atoms with E-state index in [2.05, 4.69) is 26.8 Å². The topological polar surface area (TPSA) is 40.5 Å². The van der Waals surface area contributed by atoms with Crippen LogP contribution in [0.2, 0.25) is 0 Å². The number of aliphatic hydroxyl groups is 2. The summed E-state index contributed by atoms with van der Waals surface area (Å²) >= 11 is 0. The molecule has 180 valence electrons. The first-order valence-electron chi connectivity index (χ1n) is 13.7. The van der Waals surface area contributed by atoms with E-state index in [1.165, 1.54) is 64.2 Å². The number of hydrogen-bond acceptors (Lipinski definition) is 2. The molecule has 4 rings (SSSR count). The van der Waals surface area contributed by atoms with Gasteiger partial charge in [0, 0.05) is 6.61 Å². The summed E-state index contributed by atoms with van der Waals surface area (Å²) in [5.41, 5.74) is 2.02. The Morgan fingerprint density at radius 2 is 1.74 bits per heavy atom. The predicted molar refractivity (Wildman–Crippen MR) is 132 cm³/mol. The standard InChI is InChI=1S/C27H46O2.C2H6/c1-19(18-28)7-5-6-8-20-10-12-23-22-11-9-21-17-25(2,29)15-16-27(21,4)24(22)13-14-26(20,23)3;1-2/h9,19-20,22-24,28-29H,5-8,10-18H2,1-4H3;1-2H3/t19?,20?,22?,23?,24?,25-,26?,27?;/m0./s1. The zero-order valence-corrected chi connectivity index (χ0v) is 21.6. The second kappa shape index (κ2) is 9.88. The molecule has 8 atom stereocenters. The quantitative estimate of drug-likeness (QED) is 0.336. The van der Waals surface area contributed by atoms with Crippen molar-refractivity contribution in [3.8, 4) is 0 Å². The molecule has 0 amide bonds. The maximum absolute atomic E-state index is 10.6. The summed E-state index contributed by atoms with van der Waals surface area (Å²) in [7, 11) is 0. The molecule has 31 heavy (non-hydrogen) atoms. The summed E-state index contributed by atoms with van der Waals surface area (Å²) in [4.78, 5) is 0. The minimum Gasteiger partial charge on any atom is -0.396 e. The molecule has 3 fully saturated rings. The van der Waals surface area contributed by atoms with E-state index in [-0.39, 0.29) is 0 Å². The van der Waals surface area contributed by atoms with Crippen LogP contribution in [0.3, 0.4) is 0 Å². The molecule has 4 aliphatic rings. The highest BCUT2D eigenvalue weighted by molar-refractivity contribution is 5.26. The lowest BCUT2D eigenvalue weighted by Gasteiger charge is -2.59. The summed E-state index contributed by atoms with van der Waals surface area (Å²) in [5, 5.41) is 19.9. The van der Waals surface area contributed by atoms with Gasteiger partial charge in [0.2, 0.25) is 0 Å². The predicted octanol–water partition coefficient (Wildman–Crippen LogP) is 7.53. The maximum Gasteiger partial charge on any atom is 0.0657 e. The summed E-state index contributed by atoms with van der Waals surface area (Å²) in [5.74, 6) is 4.03. The zero-order valence-electron chi connectivity index (χ0n) is 21.6. The molecule has 2 heteroatoms. The molecular weight excluding hydrogens is 380 g/mol. The molecule has 0 radical (unpaired) electrons. The smallest absolute Gasteiger partial charge is 0.0657 e. The molecule has 0 aromatic rings. The monoisotopic (exact) mass is 432 g/mol. The minimum atomic E-state index is -0.479. The summed E-state index contributed by atoms with van der Waals surface area (Å²) in [6.45, 7) is 13.7. The molecule has 3 saturated carbocycles. The van der Waals surface area contributed by atoms with Gasteiger partial charge in [-0.25, -0.2) is 0 Å². The first kappa shape index (κ1) is 25.3. The van der Waals surface area contributed by atoms with Crippen molar-refractivity contribution < 1.29 is 10.2 Å². The molecule has 7 unspecified atom stereocenters. The Kier molecular flexibility index (Phi) is 8.06. The molecular formula is C29H52O2. The van der Waals surface area contributed by atoms with E-state index in [1.807, 2.05) is 20.8 Å². The maximum atomic E-state index is 10.6. The van der Waals surface area contributed by atoms with Gasteiger partial charge in [0.1, 0.15) is 0 Å². The van der Waals surface area contributed by atoms with Crippen molar-refractivity contribution in [3.63, 3.8) is 0 Å². The van der Waals surface area contributed by atoms with Crippen LogP contribution in [-0.2, 0) is 0 Å². The Bertz CT molecular complexity index is 622. The second-order valence-electron chi connectivity index (χ2n) is 12.3. The second-order valence-corrected chi connectivity index (χ2v) is 12.3. The summed E-state index contributed by atoms with van der Waals surface area (Å²) < 4.78 is 0. The number of rotatable bonds is 6. The molecule has 2 N–H and O–H groups in total. The van der Waals surface area contributed by atoms with Crippen LogP contribution in [0, 0.1) is 40.4 Å². The molecule has 2 nitrogen and oxygen atoms in total. The third-order valence-electron chi connectivity index (χ3n) is 10.4. The van der Waals surface area contributed by atoms with Crippen molar-refractivity contribution in [2.24, 2.45) is 40.4 Å². The number of hydrogen-bond donors (Lipinski definition) is 2. The Morgan fingerprint density at radius 3 is 2.45 bits per heavy atom. The Morgan fingerprint density at radius 1 is 1.00 bits per heavy atom. The van der Waals surface area contributed by atoms with Crippen molar-refractivity contribution in [1.82, 2.24) is 0 Å². The molecule has 0 aromatic heterocycles. The third-order valence-corrected chi connectivity index (χ3v) is 10.4. The van der Waals surface area contributed by atoms with E-state index in [4.69, 9.17) is 0 Å². The van der Waals surface area contributed by atoms with Crippen molar-refractivity contribution in [3.05, 3.63) is 11.6 Å². The van der Waals surface area contributed by atoms with Gasteiger partial charge in [-0.05, 0) is 112 Å². The van der Waals surface area contributed by atoms with Gasteiger partial charge < -0.3 is 10.2 Å². The van der Waals surface area contributed by atoms with E-state index in [0.29, 0.717) is 23.4 Å². The van der Waals surface area contributed by atoms with Crippen LogP contribution in [0.4, 0.5) is 0 Å². The molecule has 0 aromatic carbocycles. The lowest BCUT2D eigenvalue weighted by Crippen LogP contribution is -2.51. The van der Waals surface area contributed by atoms with Gasteiger partial charge in [0.25, 0.3) is 0 Å². The third kappa shape index (κ3) is 4.81. The lowest BCUT2D eigenvalue weighted by molar-refractivity contribution is -0.0661. The molecule has 0 saturated heterocycles. The van der Waals surface area contributed by atoms with Crippen LogP contribution in [0.1, 0.15) is 119 Å². The molecule has 0 aliphatic heterocycles. The highest BCUT2D eigenvalue weighted by Crippen LogP contribution is 2.67. The number of aliphatic hydroxyl groups excluding tert-OH is 1. The van der Waals surface area contributed by atoms with Crippen LogP contribution < -0.4 is 0 Å². The average molecular weight is 433 g/mol. The average Bonchev–Trinajstić information content (AvgIpc) is 3.09. The van der Waals surface area contributed by atoms with Crippen molar-refractivity contribution in [2.45, 2.75) is 124 Å². The largest absolute Gasteiger partial charge is 0.396 e. The van der Waals surface area contributed by atoms with E-state index >= 15 is 0 Å². The molecule has 0 heterocycles. The SMILES string of the molecule is CC.CC(CO)CCCCC1CCC2C3CC=C4C[C@@](C)(O)CCC4(C)C3CCC12C. The van der Waals surface area contributed by atoms with E-state index in [9.17, 15) is 10.2 Å². The highest BCUT2D eigenvalue weighted by atomic mass is 16.3. The number of allylic oxidation sites excluding steroid dienone is 1. The van der Waals surface area contributed by atoms with E-state index in [0.717, 1.165) is 36.5 Å². The van der Waals surface area contributed by atoms with Gasteiger partial charge in [-0.1, -0.05) is 59.1 Å². The Labute approximate surface area is 193 Å². The van der Waals surface area contributed by atoms with Gasteiger partial charge in [0.15, 0.2) is 0 Å². The van der Waals surface area contributed by atoms with Gasteiger partial charge in [-0.15, -0.1) is 0 Å². The van der Waals surface area contributed by atoms with Gasteiger partial charge in [0.05, 0.1) is 5.60 Å². The Balaban J connectivity index is 0.00000132. The first-order chi connectivity index (χ1) is 14.7. The fourth-order valence-corrected chi connectivity index (χ4v) is 8.36. The van der Waals surface area contributed by atoms with Gasteiger partial charge in [-0.3, -0.25) is 0 Å². The zero-order chi connectivity index (χ0) is 22.9. The fourth-order valence-electron chi connectivity index (χ4n) is 8.36. The van der Waals surface area contributed by atoms with Crippen LogP contribution in [0.15, 0.2) is 11.6 Å². The molecule has 0 bridgehead atoms. The Hall–Kier alpha value is -0.340. The number of fused-ring (bicyclic) bond motifs is 5. The lowest BCUT2D eigenvalue weighted by atomic mass is 9.46. The summed E-state index contributed by atoms with van der Waals surface area (Å²) in [6, 6.07) is 0. The van der Waals surface area contributed by atoms with Gasteiger partial charge >= 0.3 is 0 Å². The highest BCUT2D eigenvalue weighted by Gasteiger charge is 2.58. The molecule has 4 aliphatic carbocycles. The van der Waals surface area contributed by atoms with Crippen LogP contribution >= 0.6 is 0 Å². The normalized spacial score (nSPS) is 44.8. The van der Waals surface area contributed by atoms with Crippen LogP contribution in [0.25, 0.3) is 0 Å². The van der Waals surface area contributed by atoms with Gasteiger partial charge in [-0.2, -0.15) is 0 Å². The van der Waals surface area contributed by atoms with Crippen molar-refractivity contribution in [1.29, 1.82) is 0 Å². The van der Waals surface area contributed by atoms with E-state index in [1.54, 1.807) is 5.57 Å². The molecule has 0 spiro atoms. The van der Waals surface area contributed by atoms with Crippen LogP contribution in [0.5, 0.6) is 0 Å². The first-order valence-corrected chi connectivity index (χ1v) is 13.7. The van der Waals surface area contributed by atoms with E-state index < -0.39 is 5.60 Å². The minimum absolute atomic E-state index is 0.343. The number of unbranched alkanes of at least 4 members (excludes halogenated alkanes) is 1. The van der Waals surface area contributed by atoms with Crippen molar-refractivity contribution >= 4 is 0 Å². The fraction of sp³-hybridized carbons (Fsp3) is 0.931. The summed E-state index contributed by atoms with van der Waals surface area (Å²) in [6.07, 6.45) is 17.9. The van der Waals surface area contributed by atoms with Crippen LogP contribution in [-0.4, -0.2) is 22.4 Å². The van der Waals surface area contributed by atoms with Crippen molar-refractivity contribution in [2.75, 3.05) is 6.61 Å².